The summed E-state index contributed by atoms with van der Waals surface area (Å²) in [6.07, 6.45) is 0.475. The van der Waals surface area contributed by atoms with E-state index in [1.807, 2.05) is 0 Å². The van der Waals surface area contributed by atoms with Crippen molar-refractivity contribution in [1.29, 1.82) is 0 Å². The Balaban J connectivity index is 3.08. The van der Waals surface area contributed by atoms with Crippen molar-refractivity contribution < 1.29 is 19.2 Å². The van der Waals surface area contributed by atoms with Crippen LogP contribution in [0.15, 0.2) is 18.2 Å². The molecule has 0 aliphatic rings. The molecule has 0 atom stereocenters. The standard InChI is InChI=1S/C12H9NO5/c1-2-18-12(15)4-3-9-5-10(8-14)7-11(6-9)13(16)17/h5-8H,2H2,1H3. The van der Waals surface area contributed by atoms with E-state index >= 15 is 0 Å². The number of nitrogens with zero attached hydrogens (tertiary/aromatic N) is 1. The maximum absolute atomic E-state index is 11.0. The lowest BCUT2D eigenvalue weighted by atomic mass is 10.1. The lowest BCUT2D eigenvalue weighted by Gasteiger charge is -1.95. The minimum atomic E-state index is -0.725. The first-order valence-electron chi connectivity index (χ1n) is 5.00. The third-order valence-electron chi connectivity index (χ3n) is 1.87. The average Bonchev–Trinajstić information content (AvgIpc) is 2.36. The van der Waals surface area contributed by atoms with E-state index in [2.05, 4.69) is 16.6 Å². The summed E-state index contributed by atoms with van der Waals surface area (Å²) in [7, 11) is 0. The van der Waals surface area contributed by atoms with Gasteiger partial charge in [-0.25, -0.2) is 4.79 Å². The van der Waals surface area contributed by atoms with Crippen LogP contribution < -0.4 is 0 Å². The second kappa shape index (κ2) is 6.15. The first-order chi connectivity index (χ1) is 8.56. The van der Waals surface area contributed by atoms with Crippen molar-refractivity contribution in [1.82, 2.24) is 0 Å². The maximum Gasteiger partial charge on any atom is 0.384 e. The van der Waals surface area contributed by atoms with Crippen molar-refractivity contribution in [3.8, 4) is 11.8 Å². The van der Waals surface area contributed by atoms with Crippen LogP contribution in [0.4, 0.5) is 5.69 Å². The molecule has 92 valence electrons. The summed E-state index contributed by atoms with van der Waals surface area (Å²) >= 11 is 0. The average molecular weight is 247 g/mol. The molecule has 0 fully saturated rings. The third-order valence-corrected chi connectivity index (χ3v) is 1.87. The Hall–Kier alpha value is -2.68. The van der Waals surface area contributed by atoms with E-state index < -0.39 is 10.9 Å². The van der Waals surface area contributed by atoms with E-state index in [1.165, 1.54) is 12.1 Å². The van der Waals surface area contributed by atoms with Gasteiger partial charge in [0.2, 0.25) is 0 Å². The second-order valence-electron chi connectivity index (χ2n) is 3.16. The zero-order valence-corrected chi connectivity index (χ0v) is 9.50. The topological polar surface area (TPSA) is 86.5 Å². The van der Waals surface area contributed by atoms with E-state index in [1.54, 1.807) is 6.92 Å². The quantitative estimate of drug-likeness (QED) is 0.264. The van der Waals surface area contributed by atoms with Crippen molar-refractivity contribution in [2.45, 2.75) is 6.92 Å². The number of ether oxygens (including phenoxy) is 1. The monoisotopic (exact) mass is 247 g/mol. The van der Waals surface area contributed by atoms with E-state index in [4.69, 9.17) is 0 Å². The van der Waals surface area contributed by atoms with Crippen LogP contribution in [-0.2, 0) is 9.53 Å². The summed E-state index contributed by atoms with van der Waals surface area (Å²) in [5.41, 5.74) is 0.0736. The summed E-state index contributed by atoms with van der Waals surface area (Å²) < 4.78 is 4.58. The van der Waals surface area contributed by atoms with Gasteiger partial charge in [-0.05, 0) is 13.0 Å². The number of carbonyl (C=O) groups excluding carboxylic acids is 2. The number of nitro groups is 1. The van der Waals surface area contributed by atoms with Crippen molar-refractivity contribution >= 4 is 17.9 Å². The zero-order valence-electron chi connectivity index (χ0n) is 9.50. The molecule has 0 spiro atoms. The Morgan fingerprint density at radius 2 is 2.22 bits per heavy atom. The predicted octanol–water partition coefficient (Wildman–Crippen LogP) is 1.32. The Morgan fingerprint density at radius 3 is 2.78 bits per heavy atom. The summed E-state index contributed by atoms with van der Waals surface area (Å²) in [5.74, 6) is 3.85. The Bertz CT molecular complexity index is 553. The number of hydrogen-bond donors (Lipinski definition) is 0. The van der Waals surface area contributed by atoms with Gasteiger partial charge in [0.15, 0.2) is 0 Å². The van der Waals surface area contributed by atoms with Gasteiger partial charge in [0.25, 0.3) is 5.69 Å². The van der Waals surface area contributed by atoms with Gasteiger partial charge in [-0.1, -0.05) is 5.92 Å². The molecule has 1 rings (SSSR count). The molecule has 0 N–H and O–H groups in total. The number of carbonyl (C=O) groups is 2. The Labute approximate surface area is 103 Å². The molecule has 0 amide bonds. The van der Waals surface area contributed by atoms with Crippen molar-refractivity contribution in [3.05, 3.63) is 39.4 Å². The number of esters is 1. The van der Waals surface area contributed by atoms with Gasteiger partial charge in [-0.15, -0.1) is 0 Å². The van der Waals surface area contributed by atoms with Gasteiger partial charge in [0.05, 0.1) is 11.5 Å². The van der Waals surface area contributed by atoms with Crippen LogP contribution in [0.3, 0.4) is 0 Å². The Morgan fingerprint density at radius 1 is 1.50 bits per heavy atom. The molecule has 1 aromatic carbocycles. The SMILES string of the molecule is CCOC(=O)C#Cc1cc(C=O)cc([N+](=O)[O-])c1. The lowest BCUT2D eigenvalue weighted by molar-refractivity contribution is -0.384. The highest BCUT2D eigenvalue weighted by atomic mass is 16.6. The molecule has 6 nitrogen and oxygen atoms in total. The molecule has 0 aliphatic carbocycles. The fourth-order valence-corrected chi connectivity index (χ4v) is 1.17. The van der Waals surface area contributed by atoms with E-state index in [-0.39, 0.29) is 23.4 Å². The highest BCUT2D eigenvalue weighted by molar-refractivity contribution is 5.89. The molecule has 0 heterocycles. The van der Waals surface area contributed by atoms with Crippen molar-refractivity contribution in [2.75, 3.05) is 6.61 Å². The minimum absolute atomic E-state index is 0.123. The number of nitro benzene ring substituents is 1. The van der Waals surface area contributed by atoms with Crippen molar-refractivity contribution in [2.24, 2.45) is 0 Å². The molecular weight excluding hydrogens is 238 g/mol. The highest BCUT2D eigenvalue weighted by Crippen LogP contribution is 2.15. The van der Waals surface area contributed by atoms with Gasteiger partial charge >= 0.3 is 5.97 Å². The molecule has 0 saturated carbocycles. The third kappa shape index (κ3) is 3.72. The van der Waals surface area contributed by atoms with E-state index in [0.29, 0.717) is 6.29 Å². The molecule has 0 aliphatic heterocycles. The van der Waals surface area contributed by atoms with Gasteiger partial charge in [-0.3, -0.25) is 14.9 Å². The largest absolute Gasteiger partial charge is 0.456 e. The van der Waals surface area contributed by atoms with Crippen molar-refractivity contribution in [3.63, 3.8) is 0 Å². The summed E-state index contributed by atoms with van der Waals surface area (Å²) in [6.45, 7) is 1.83. The van der Waals surface area contributed by atoms with Crippen LogP contribution in [0.25, 0.3) is 0 Å². The number of hydrogen-bond acceptors (Lipinski definition) is 5. The van der Waals surface area contributed by atoms with Gasteiger partial charge in [0, 0.05) is 29.2 Å². The Kier molecular flexibility index (Phi) is 4.58. The molecule has 0 unspecified atom stereocenters. The predicted molar refractivity (Wildman–Crippen MR) is 62.0 cm³/mol. The van der Waals surface area contributed by atoms with Crippen LogP contribution >= 0.6 is 0 Å². The van der Waals surface area contributed by atoms with Crippen LogP contribution in [-0.4, -0.2) is 23.8 Å². The van der Waals surface area contributed by atoms with Crippen LogP contribution in [0.1, 0.15) is 22.8 Å². The summed E-state index contributed by atoms with van der Waals surface area (Å²) in [6, 6.07) is 3.66. The fraction of sp³-hybridized carbons (Fsp3) is 0.167. The van der Waals surface area contributed by atoms with Crippen LogP contribution in [0, 0.1) is 22.0 Å². The molecule has 0 saturated heterocycles. The van der Waals surface area contributed by atoms with Gasteiger partial charge in [0.1, 0.15) is 6.29 Å². The van der Waals surface area contributed by atoms with E-state index in [9.17, 15) is 19.7 Å². The molecule has 1 aromatic rings. The maximum atomic E-state index is 11.0. The van der Waals surface area contributed by atoms with Crippen LogP contribution in [0.5, 0.6) is 0 Å². The number of benzene rings is 1. The normalized spacial score (nSPS) is 8.94. The van der Waals surface area contributed by atoms with E-state index in [0.717, 1.165) is 6.07 Å². The van der Waals surface area contributed by atoms with Gasteiger partial charge in [-0.2, -0.15) is 0 Å². The summed E-state index contributed by atoms with van der Waals surface area (Å²) in [5, 5.41) is 10.6. The molecule has 6 heteroatoms. The second-order valence-corrected chi connectivity index (χ2v) is 3.16. The summed E-state index contributed by atoms with van der Waals surface area (Å²) in [4.78, 5) is 31.6. The van der Waals surface area contributed by atoms with Gasteiger partial charge < -0.3 is 4.74 Å². The molecular formula is C12H9NO5. The molecule has 0 radical (unpaired) electrons. The lowest BCUT2D eigenvalue weighted by Crippen LogP contribution is -1.99. The molecule has 18 heavy (non-hydrogen) atoms. The first-order valence-corrected chi connectivity index (χ1v) is 5.00. The molecule has 0 bridgehead atoms. The minimum Gasteiger partial charge on any atom is -0.456 e. The fourth-order valence-electron chi connectivity index (χ4n) is 1.17. The first kappa shape index (κ1) is 13.4. The van der Waals surface area contributed by atoms with Crippen LogP contribution in [0.2, 0.25) is 0 Å². The number of aldehydes is 1. The number of rotatable bonds is 3. The highest BCUT2D eigenvalue weighted by Gasteiger charge is 2.08. The number of non-ortho nitro benzene ring substituents is 1. The zero-order chi connectivity index (χ0) is 13.5. The molecule has 0 aromatic heterocycles. The smallest absolute Gasteiger partial charge is 0.384 e.